The van der Waals surface area contributed by atoms with Gasteiger partial charge in [0.1, 0.15) is 0 Å². The number of amides is 1. The third-order valence-corrected chi connectivity index (χ3v) is 4.65. The Morgan fingerprint density at radius 3 is 2.62 bits per heavy atom. The number of benzene rings is 2. The first kappa shape index (κ1) is 18.4. The topological polar surface area (TPSA) is 53.9 Å². The lowest BCUT2D eigenvalue weighted by molar-refractivity contribution is -0.165. The molecule has 0 radical (unpaired) electrons. The zero-order valence-corrected chi connectivity index (χ0v) is 15.9. The van der Waals surface area contributed by atoms with Crippen molar-refractivity contribution in [3.05, 3.63) is 64.7 Å². The second-order valence-electron chi connectivity index (χ2n) is 6.98. The van der Waals surface area contributed by atoms with Crippen LogP contribution in [0.15, 0.2) is 53.6 Å². The largest absolute Gasteiger partial charge is 0.278 e. The zero-order chi connectivity index (χ0) is 18.7. The van der Waals surface area contributed by atoms with Gasteiger partial charge in [-0.2, -0.15) is 5.10 Å². The smallest absolute Gasteiger partial charge is 0.254 e. The van der Waals surface area contributed by atoms with E-state index in [2.05, 4.69) is 10.5 Å². The van der Waals surface area contributed by atoms with Gasteiger partial charge in [-0.05, 0) is 44.0 Å². The van der Waals surface area contributed by atoms with Gasteiger partial charge in [-0.3, -0.25) is 15.1 Å². The predicted molar refractivity (Wildman–Crippen MR) is 104 cm³/mol. The zero-order valence-electron chi connectivity index (χ0n) is 15.1. The van der Waals surface area contributed by atoms with Crippen molar-refractivity contribution in [3.8, 4) is 0 Å². The Morgan fingerprint density at radius 2 is 2.00 bits per heavy atom. The molecular formula is C20H22ClN3O2. The minimum atomic E-state index is -0.488. The molecule has 26 heavy (non-hydrogen) atoms. The van der Waals surface area contributed by atoms with E-state index in [-0.39, 0.29) is 5.91 Å². The molecule has 0 aromatic heterocycles. The third kappa shape index (κ3) is 4.06. The van der Waals surface area contributed by atoms with Gasteiger partial charge in [-0.1, -0.05) is 48.0 Å². The predicted octanol–water partition coefficient (Wildman–Crippen LogP) is 4.48. The quantitative estimate of drug-likeness (QED) is 0.623. The van der Waals surface area contributed by atoms with Crippen LogP contribution in [0.4, 0.5) is 5.69 Å². The van der Waals surface area contributed by atoms with E-state index in [0.29, 0.717) is 18.2 Å². The number of nitrogens with zero attached hydrogens (tertiary/aromatic N) is 2. The molecule has 3 rings (SSSR count). The molecule has 1 fully saturated rings. The standard InChI is InChI=1S/C20H22ClN3O2/c1-14(15-7-5-4-6-8-15)22-23-17-10-9-16(18(21)11-17)12-24-19(25)20(2,3)13-26-24/h4-11,23H,12-13H2,1-3H3. The minimum absolute atomic E-state index is 0.0288. The molecule has 0 unspecified atom stereocenters. The van der Waals surface area contributed by atoms with Gasteiger partial charge in [-0.25, -0.2) is 5.06 Å². The highest BCUT2D eigenvalue weighted by atomic mass is 35.5. The molecule has 0 spiro atoms. The van der Waals surface area contributed by atoms with Crippen LogP contribution in [0.2, 0.25) is 5.02 Å². The number of hydrogen-bond donors (Lipinski definition) is 1. The van der Waals surface area contributed by atoms with Crippen LogP contribution in [0.1, 0.15) is 31.9 Å². The van der Waals surface area contributed by atoms with Crippen LogP contribution in [-0.2, 0) is 16.2 Å². The lowest BCUT2D eigenvalue weighted by Gasteiger charge is -2.17. The minimum Gasteiger partial charge on any atom is -0.278 e. The maximum atomic E-state index is 12.2. The van der Waals surface area contributed by atoms with Gasteiger partial charge in [0.2, 0.25) is 0 Å². The van der Waals surface area contributed by atoms with Gasteiger partial charge in [0, 0.05) is 5.02 Å². The first-order chi connectivity index (χ1) is 12.4. The lowest BCUT2D eigenvalue weighted by Crippen LogP contribution is -2.30. The molecule has 2 aromatic carbocycles. The normalized spacial score (nSPS) is 16.8. The number of hydrogen-bond acceptors (Lipinski definition) is 4. The number of nitrogens with one attached hydrogen (secondary N) is 1. The van der Waals surface area contributed by atoms with Crippen molar-refractivity contribution >= 4 is 28.9 Å². The van der Waals surface area contributed by atoms with Gasteiger partial charge in [0.15, 0.2) is 0 Å². The number of hydroxylamine groups is 2. The summed E-state index contributed by atoms with van der Waals surface area (Å²) in [6.07, 6.45) is 0. The van der Waals surface area contributed by atoms with E-state index in [1.54, 1.807) is 6.07 Å². The monoisotopic (exact) mass is 371 g/mol. The van der Waals surface area contributed by atoms with Crippen LogP contribution in [0.5, 0.6) is 0 Å². The molecule has 5 nitrogen and oxygen atoms in total. The Morgan fingerprint density at radius 1 is 1.27 bits per heavy atom. The molecular weight excluding hydrogens is 350 g/mol. The average molecular weight is 372 g/mol. The number of halogens is 1. The molecule has 1 N–H and O–H groups in total. The molecule has 1 aliphatic heterocycles. The fraction of sp³-hybridized carbons (Fsp3) is 0.300. The maximum absolute atomic E-state index is 12.2. The van der Waals surface area contributed by atoms with Crippen LogP contribution in [-0.4, -0.2) is 23.3 Å². The van der Waals surface area contributed by atoms with Gasteiger partial charge in [-0.15, -0.1) is 0 Å². The van der Waals surface area contributed by atoms with E-state index in [1.807, 2.05) is 63.2 Å². The van der Waals surface area contributed by atoms with E-state index in [4.69, 9.17) is 16.4 Å². The second kappa shape index (κ2) is 7.48. The first-order valence-electron chi connectivity index (χ1n) is 8.46. The summed E-state index contributed by atoms with van der Waals surface area (Å²) in [6.45, 7) is 6.40. The molecule has 1 heterocycles. The summed E-state index contributed by atoms with van der Waals surface area (Å²) in [4.78, 5) is 17.7. The Labute approximate surface area is 158 Å². The number of carbonyl (C=O) groups excluding carboxylic acids is 1. The molecule has 0 atom stereocenters. The van der Waals surface area contributed by atoms with Crippen LogP contribution in [0.3, 0.4) is 0 Å². The van der Waals surface area contributed by atoms with E-state index >= 15 is 0 Å². The van der Waals surface area contributed by atoms with Crippen molar-refractivity contribution in [2.45, 2.75) is 27.3 Å². The summed E-state index contributed by atoms with van der Waals surface area (Å²) in [5, 5.41) is 6.33. The van der Waals surface area contributed by atoms with Gasteiger partial charge >= 0.3 is 0 Å². The molecule has 1 saturated heterocycles. The number of hydrazone groups is 1. The van der Waals surface area contributed by atoms with Crippen molar-refractivity contribution in [1.82, 2.24) is 5.06 Å². The summed E-state index contributed by atoms with van der Waals surface area (Å²) < 4.78 is 0. The first-order valence-corrected chi connectivity index (χ1v) is 8.84. The third-order valence-electron chi connectivity index (χ3n) is 4.30. The highest BCUT2D eigenvalue weighted by Crippen LogP contribution is 2.30. The molecule has 1 aliphatic rings. The summed E-state index contributed by atoms with van der Waals surface area (Å²) in [5.41, 5.74) is 6.07. The highest BCUT2D eigenvalue weighted by molar-refractivity contribution is 6.31. The average Bonchev–Trinajstić information content (AvgIpc) is 2.89. The Hall–Kier alpha value is -2.37. The molecule has 0 aliphatic carbocycles. The second-order valence-corrected chi connectivity index (χ2v) is 7.39. The Bertz CT molecular complexity index is 834. The summed E-state index contributed by atoms with van der Waals surface area (Å²) in [7, 11) is 0. The van der Waals surface area contributed by atoms with Gasteiger partial charge in [0.25, 0.3) is 5.91 Å². The SMILES string of the molecule is CC(=NNc1ccc(CN2OCC(C)(C)C2=O)c(Cl)c1)c1ccccc1. The lowest BCUT2D eigenvalue weighted by atomic mass is 9.95. The molecule has 0 saturated carbocycles. The highest BCUT2D eigenvalue weighted by Gasteiger charge is 2.40. The van der Waals surface area contributed by atoms with E-state index in [9.17, 15) is 4.79 Å². The molecule has 1 amide bonds. The van der Waals surface area contributed by atoms with Crippen molar-refractivity contribution in [1.29, 1.82) is 0 Å². The van der Waals surface area contributed by atoms with Crippen molar-refractivity contribution in [2.24, 2.45) is 10.5 Å². The summed E-state index contributed by atoms with van der Waals surface area (Å²) >= 11 is 6.38. The van der Waals surface area contributed by atoms with Gasteiger partial charge in [0.05, 0.1) is 30.0 Å². The van der Waals surface area contributed by atoms with Crippen LogP contribution < -0.4 is 5.43 Å². The fourth-order valence-corrected chi connectivity index (χ4v) is 2.85. The summed E-state index contributed by atoms with van der Waals surface area (Å²) in [6, 6.07) is 15.5. The number of rotatable bonds is 5. The van der Waals surface area contributed by atoms with Crippen molar-refractivity contribution in [3.63, 3.8) is 0 Å². The van der Waals surface area contributed by atoms with E-state index in [1.165, 1.54) is 5.06 Å². The number of anilines is 1. The molecule has 2 aromatic rings. The van der Waals surface area contributed by atoms with E-state index < -0.39 is 5.41 Å². The number of carbonyl (C=O) groups is 1. The Kier molecular flexibility index (Phi) is 5.30. The molecule has 6 heteroatoms. The maximum Gasteiger partial charge on any atom is 0.254 e. The van der Waals surface area contributed by atoms with E-state index in [0.717, 1.165) is 22.5 Å². The van der Waals surface area contributed by atoms with Crippen LogP contribution in [0.25, 0.3) is 0 Å². The molecule has 0 bridgehead atoms. The van der Waals surface area contributed by atoms with Gasteiger partial charge < -0.3 is 0 Å². The van der Waals surface area contributed by atoms with Crippen molar-refractivity contribution in [2.75, 3.05) is 12.0 Å². The Balaban J connectivity index is 1.67. The van der Waals surface area contributed by atoms with Crippen LogP contribution >= 0.6 is 11.6 Å². The summed E-state index contributed by atoms with van der Waals surface area (Å²) in [5.74, 6) is -0.0288. The fourth-order valence-electron chi connectivity index (χ4n) is 2.61. The van der Waals surface area contributed by atoms with Crippen LogP contribution in [0, 0.1) is 5.41 Å². The van der Waals surface area contributed by atoms with Crippen molar-refractivity contribution < 1.29 is 9.63 Å². The molecule has 136 valence electrons.